The van der Waals surface area contributed by atoms with Gasteiger partial charge < -0.3 is 15.6 Å². The number of pyridine rings is 1. The van der Waals surface area contributed by atoms with Crippen LogP contribution in [0.25, 0.3) is 27.6 Å². The number of nitrogens with one attached hydrogen (secondary N) is 1. The zero-order valence-corrected chi connectivity index (χ0v) is 19.3. The summed E-state index contributed by atoms with van der Waals surface area (Å²) < 4.78 is 6.74. The quantitative estimate of drug-likeness (QED) is 0.395. The van der Waals surface area contributed by atoms with Crippen LogP contribution in [0.3, 0.4) is 0 Å². The zero-order chi connectivity index (χ0) is 24.0. The van der Waals surface area contributed by atoms with Crippen molar-refractivity contribution in [3.63, 3.8) is 0 Å². The molecule has 0 saturated heterocycles. The molecule has 0 saturated carbocycles. The molecule has 2 amide bonds. The summed E-state index contributed by atoms with van der Waals surface area (Å²) in [7, 11) is 0. The van der Waals surface area contributed by atoms with E-state index in [-0.39, 0.29) is 5.91 Å². The van der Waals surface area contributed by atoms with Gasteiger partial charge in [-0.05, 0) is 37.6 Å². The molecule has 10 nitrogen and oxygen atoms in total. The highest BCUT2D eigenvalue weighted by Crippen LogP contribution is 2.29. The number of amides is 2. The molecule has 0 aliphatic heterocycles. The van der Waals surface area contributed by atoms with E-state index in [4.69, 9.17) is 10.3 Å². The number of imidazole rings is 1. The molecule has 0 unspecified atom stereocenters. The summed E-state index contributed by atoms with van der Waals surface area (Å²) in [6.45, 7) is 5.35. The molecular weight excluding hydrogens is 454 g/mol. The predicted octanol–water partition coefficient (Wildman–Crippen LogP) is 3.78. The second-order valence-corrected chi connectivity index (χ2v) is 8.71. The summed E-state index contributed by atoms with van der Waals surface area (Å²) in [5, 5.41) is 7.52. The number of nitrogens with zero attached hydrogens (tertiary/aromatic N) is 5. The lowest BCUT2D eigenvalue weighted by Crippen LogP contribution is -2.15. The highest BCUT2D eigenvalue weighted by molar-refractivity contribution is 7.17. The largest absolute Gasteiger partial charge is 0.365 e. The van der Waals surface area contributed by atoms with Gasteiger partial charge in [0.25, 0.3) is 11.8 Å². The van der Waals surface area contributed by atoms with Crippen LogP contribution in [0, 0.1) is 20.8 Å². The Morgan fingerprint density at radius 1 is 1.09 bits per heavy atom. The van der Waals surface area contributed by atoms with Gasteiger partial charge in [0, 0.05) is 29.9 Å². The van der Waals surface area contributed by atoms with Crippen molar-refractivity contribution in [2.75, 3.05) is 5.32 Å². The number of carbonyl (C=O) groups excluding carboxylic acids is 2. The van der Waals surface area contributed by atoms with E-state index in [0.717, 1.165) is 16.7 Å². The molecular formula is C23H19N7O3S. The fraction of sp³-hybridized carbons (Fsp3) is 0.130. The lowest BCUT2D eigenvalue weighted by molar-refractivity contribution is 0.0999. The molecule has 0 radical (unpaired) electrons. The van der Waals surface area contributed by atoms with Crippen LogP contribution in [0.5, 0.6) is 0 Å². The Morgan fingerprint density at radius 3 is 2.59 bits per heavy atom. The normalized spacial score (nSPS) is 11.1. The van der Waals surface area contributed by atoms with Crippen LogP contribution in [0.15, 0.2) is 47.2 Å². The van der Waals surface area contributed by atoms with Crippen molar-refractivity contribution < 1.29 is 14.1 Å². The average molecular weight is 474 g/mol. The van der Waals surface area contributed by atoms with Crippen LogP contribution >= 0.6 is 11.3 Å². The molecule has 5 aromatic rings. The minimum Gasteiger partial charge on any atom is -0.365 e. The Bertz CT molecular complexity index is 1580. The van der Waals surface area contributed by atoms with Gasteiger partial charge in [-0.2, -0.15) is 4.98 Å². The smallest absolute Gasteiger partial charge is 0.274 e. The second kappa shape index (κ2) is 8.19. The highest BCUT2D eigenvalue weighted by Gasteiger charge is 2.18. The number of aryl methyl sites for hydroxylation is 3. The molecule has 0 atom stereocenters. The predicted molar refractivity (Wildman–Crippen MR) is 127 cm³/mol. The number of hydrogen-bond acceptors (Lipinski definition) is 8. The van der Waals surface area contributed by atoms with Gasteiger partial charge >= 0.3 is 0 Å². The van der Waals surface area contributed by atoms with Crippen molar-refractivity contribution in [2.24, 2.45) is 5.73 Å². The topological polar surface area (TPSA) is 141 Å². The summed E-state index contributed by atoms with van der Waals surface area (Å²) in [5.74, 6) is 0.0588. The summed E-state index contributed by atoms with van der Waals surface area (Å²) in [6, 6.07) is 9.18. The number of rotatable bonds is 5. The number of primary amides is 1. The Kier molecular flexibility index (Phi) is 5.17. The standard InChI is InChI=1S/C23H19N7O3S/c1-11-4-5-14(21-27-13(3)33-29-21)8-16(11)28-22(32)17-9-25-18-7-6-15(10-30(17)18)23-26-12(2)19(34-23)20(24)31/h4-10H,1-3H3,(H2,24,31)(H,28,32). The molecule has 0 aliphatic rings. The molecule has 0 aliphatic carbocycles. The molecule has 3 N–H and O–H groups in total. The number of nitrogens with two attached hydrogens (primary N) is 1. The van der Waals surface area contributed by atoms with Crippen molar-refractivity contribution in [1.82, 2.24) is 24.5 Å². The molecule has 170 valence electrons. The summed E-state index contributed by atoms with van der Waals surface area (Å²) in [4.78, 5) is 38.2. The second-order valence-electron chi connectivity index (χ2n) is 7.71. The van der Waals surface area contributed by atoms with E-state index in [0.29, 0.717) is 44.3 Å². The number of benzene rings is 1. The van der Waals surface area contributed by atoms with Crippen molar-refractivity contribution in [3.05, 3.63) is 70.4 Å². The monoisotopic (exact) mass is 473 g/mol. The minimum absolute atomic E-state index is 0.331. The van der Waals surface area contributed by atoms with E-state index in [1.54, 1.807) is 36.6 Å². The van der Waals surface area contributed by atoms with Gasteiger partial charge in [-0.3, -0.25) is 14.0 Å². The maximum atomic E-state index is 13.2. The first kappa shape index (κ1) is 21.5. The summed E-state index contributed by atoms with van der Waals surface area (Å²) >= 11 is 1.21. The molecule has 0 bridgehead atoms. The van der Waals surface area contributed by atoms with Crippen LogP contribution in [0.1, 0.15) is 37.3 Å². The summed E-state index contributed by atoms with van der Waals surface area (Å²) in [5.41, 5.74) is 9.92. The van der Waals surface area contributed by atoms with Crippen LogP contribution in [0.4, 0.5) is 5.69 Å². The summed E-state index contributed by atoms with van der Waals surface area (Å²) in [6.07, 6.45) is 3.28. The highest BCUT2D eigenvalue weighted by atomic mass is 32.1. The van der Waals surface area contributed by atoms with Crippen LogP contribution in [0.2, 0.25) is 0 Å². The Morgan fingerprint density at radius 2 is 1.88 bits per heavy atom. The van der Waals surface area contributed by atoms with E-state index in [9.17, 15) is 9.59 Å². The molecule has 11 heteroatoms. The lowest BCUT2D eigenvalue weighted by atomic mass is 10.1. The van der Waals surface area contributed by atoms with E-state index in [2.05, 4.69) is 25.4 Å². The van der Waals surface area contributed by atoms with Gasteiger partial charge in [0.2, 0.25) is 11.7 Å². The Hall–Kier alpha value is -4.38. The Labute approximate surface area is 197 Å². The molecule has 5 rings (SSSR count). The van der Waals surface area contributed by atoms with Crippen molar-refractivity contribution in [3.8, 4) is 22.0 Å². The fourth-order valence-electron chi connectivity index (χ4n) is 3.52. The number of aromatic nitrogens is 5. The lowest BCUT2D eigenvalue weighted by Gasteiger charge is -2.10. The number of thiazole rings is 1. The van der Waals surface area contributed by atoms with Crippen LogP contribution in [-0.2, 0) is 0 Å². The van der Waals surface area contributed by atoms with Crippen molar-refractivity contribution >= 4 is 34.5 Å². The third kappa shape index (κ3) is 3.82. The number of carbonyl (C=O) groups is 2. The molecule has 34 heavy (non-hydrogen) atoms. The third-order valence-electron chi connectivity index (χ3n) is 5.28. The maximum absolute atomic E-state index is 13.2. The van der Waals surface area contributed by atoms with Crippen LogP contribution < -0.4 is 11.1 Å². The van der Waals surface area contributed by atoms with Crippen molar-refractivity contribution in [2.45, 2.75) is 20.8 Å². The maximum Gasteiger partial charge on any atom is 0.274 e. The van der Waals surface area contributed by atoms with E-state index in [1.165, 1.54) is 17.5 Å². The first-order chi connectivity index (χ1) is 16.3. The Balaban J connectivity index is 1.48. The minimum atomic E-state index is -0.515. The van der Waals surface area contributed by atoms with Gasteiger partial charge in [0.15, 0.2) is 0 Å². The van der Waals surface area contributed by atoms with E-state index in [1.807, 2.05) is 25.1 Å². The van der Waals surface area contributed by atoms with Crippen molar-refractivity contribution in [1.29, 1.82) is 0 Å². The molecule has 4 aromatic heterocycles. The molecule has 0 fully saturated rings. The molecule has 0 spiro atoms. The van der Waals surface area contributed by atoms with Crippen LogP contribution in [-0.4, -0.2) is 36.3 Å². The zero-order valence-electron chi connectivity index (χ0n) is 18.5. The SMILES string of the molecule is Cc1nc(-c2ccc(C)c(NC(=O)c3cnc4ccc(-c5nc(C)c(C(N)=O)s5)cn34)c2)no1. The number of anilines is 1. The van der Waals surface area contributed by atoms with Gasteiger partial charge in [0.1, 0.15) is 21.2 Å². The first-order valence-electron chi connectivity index (χ1n) is 10.3. The van der Waals surface area contributed by atoms with Gasteiger partial charge in [-0.1, -0.05) is 17.3 Å². The number of fused-ring (bicyclic) bond motifs is 1. The van der Waals surface area contributed by atoms with E-state index < -0.39 is 5.91 Å². The first-order valence-corrected chi connectivity index (χ1v) is 11.1. The molecule has 1 aromatic carbocycles. The van der Waals surface area contributed by atoms with Gasteiger partial charge in [-0.25, -0.2) is 9.97 Å². The van der Waals surface area contributed by atoms with Gasteiger partial charge in [-0.15, -0.1) is 11.3 Å². The van der Waals surface area contributed by atoms with E-state index >= 15 is 0 Å². The fourth-order valence-corrected chi connectivity index (χ4v) is 4.43. The molecule has 4 heterocycles. The number of hydrogen-bond donors (Lipinski definition) is 2. The third-order valence-corrected chi connectivity index (χ3v) is 6.50. The van der Waals surface area contributed by atoms with Gasteiger partial charge in [0.05, 0.1) is 11.9 Å². The average Bonchev–Trinajstić information content (AvgIpc) is 3.52.